The predicted octanol–water partition coefficient (Wildman–Crippen LogP) is 3.15. The van der Waals surface area contributed by atoms with Gasteiger partial charge in [0.25, 0.3) is 0 Å². The van der Waals surface area contributed by atoms with Crippen molar-refractivity contribution >= 4 is 15.9 Å². The predicted molar refractivity (Wildman–Crippen MR) is 77.9 cm³/mol. The molecule has 0 amide bonds. The van der Waals surface area contributed by atoms with E-state index in [0.29, 0.717) is 13.2 Å². The summed E-state index contributed by atoms with van der Waals surface area (Å²) < 4.78 is 12.0. The summed E-state index contributed by atoms with van der Waals surface area (Å²) in [5.41, 5.74) is 1.18. The molecular weight excluding hydrogens is 294 g/mol. The lowest BCUT2D eigenvalue weighted by molar-refractivity contribution is 0.0167. The van der Waals surface area contributed by atoms with E-state index in [0.717, 1.165) is 24.0 Å². The van der Waals surface area contributed by atoms with Crippen LogP contribution < -0.4 is 5.32 Å². The first kappa shape index (κ1) is 15.6. The van der Waals surface area contributed by atoms with Gasteiger partial charge in [-0.25, -0.2) is 0 Å². The van der Waals surface area contributed by atoms with Crippen molar-refractivity contribution < 1.29 is 9.47 Å². The van der Waals surface area contributed by atoms with Crippen LogP contribution in [0.2, 0.25) is 0 Å². The van der Waals surface area contributed by atoms with Crippen LogP contribution in [0.1, 0.15) is 25.0 Å². The Kier molecular flexibility index (Phi) is 8.25. The van der Waals surface area contributed by atoms with Crippen LogP contribution in [0.25, 0.3) is 0 Å². The Morgan fingerprint density at radius 2 is 2.17 bits per heavy atom. The number of rotatable bonds is 9. The molecule has 0 saturated carbocycles. The van der Waals surface area contributed by atoms with Crippen molar-refractivity contribution in [2.45, 2.75) is 19.4 Å². The first-order valence-corrected chi connectivity index (χ1v) is 7.14. The van der Waals surface area contributed by atoms with Gasteiger partial charge in [0.15, 0.2) is 0 Å². The summed E-state index contributed by atoms with van der Waals surface area (Å²) in [6, 6.07) is 8.25. The fraction of sp³-hybridized carbons (Fsp3) is 0.571. The lowest BCUT2D eigenvalue weighted by Crippen LogP contribution is -2.25. The second-order valence-corrected chi connectivity index (χ2v) is 5.03. The number of hydrogen-bond donors (Lipinski definition) is 1. The third-order valence-corrected chi connectivity index (χ3v) is 3.08. The van der Waals surface area contributed by atoms with Crippen LogP contribution in [-0.4, -0.2) is 33.4 Å². The number of nitrogens with one attached hydrogen (secondary N) is 1. The summed E-state index contributed by atoms with van der Waals surface area (Å²) in [6.07, 6.45) is 1.20. The van der Waals surface area contributed by atoms with Gasteiger partial charge in [0.2, 0.25) is 0 Å². The quantitative estimate of drug-likeness (QED) is 0.710. The van der Waals surface area contributed by atoms with Crippen molar-refractivity contribution in [3.8, 4) is 0 Å². The van der Waals surface area contributed by atoms with Gasteiger partial charge >= 0.3 is 0 Å². The van der Waals surface area contributed by atoms with E-state index in [1.807, 2.05) is 12.1 Å². The molecule has 18 heavy (non-hydrogen) atoms. The molecule has 1 atom stereocenters. The standard InChI is InChI=1S/C14H22BrNO2/c1-3-7-16-11-14(18-9-8-17-2)12-5-4-6-13(15)10-12/h4-6,10,14,16H,3,7-9,11H2,1-2H3. The molecule has 0 spiro atoms. The molecule has 0 aromatic heterocycles. The summed E-state index contributed by atoms with van der Waals surface area (Å²) in [5.74, 6) is 0. The zero-order valence-corrected chi connectivity index (χ0v) is 12.7. The second kappa shape index (κ2) is 9.50. The highest BCUT2D eigenvalue weighted by Crippen LogP contribution is 2.20. The molecular formula is C14H22BrNO2. The molecule has 1 unspecified atom stereocenters. The van der Waals surface area contributed by atoms with E-state index >= 15 is 0 Å². The molecule has 0 radical (unpaired) electrons. The van der Waals surface area contributed by atoms with Crippen molar-refractivity contribution in [3.63, 3.8) is 0 Å². The van der Waals surface area contributed by atoms with Gasteiger partial charge in [-0.1, -0.05) is 35.0 Å². The Hall–Kier alpha value is -0.420. The molecule has 0 bridgehead atoms. The maximum Gasteiger partial charge on any atom is 0.0950 e. The van der Waals surface area contributed by atoms with Gasteiger partial charge in [0.1, 0.15) is 0 Å². The molecule has 0 fully saturated rings. The topological polar surface area (TPSA) is 30.5 Å². The van der Waals surface area contributed by atoms with Crippen molar-refractivity contribution in [2.75, 3.05) is 33.4 Å². The number of benzene rings is 1. The van der Waals surface area contributed by atoms with E-state index in [-0.39, 0.29) is 6.10 Å². The van der Waals surface area contributed by atoms with Crippen molar-refractivity contribution in [3.05, 3.63) is 34.3 Å². The maximum absolute atomic E-state index is 5.86. The summed E-state index contributed by atoms with van der Waals surface area (Å²) in [7, 11) is 1.69. The van der Waals surface area contributed by atoms with E-state index in [4.69, 9.17) is 9.47 Å². The highest BCUT2D eigenvalue weighted by atomic mass is 79.9. The number of ether oxygens (including phenoxy) is 2. The molecule has 1 aromatic rings. The Morgan fingerprint density at radius 1 is 1.33 bits per heavy atom. The average molecular weight is 316 g/mol. The third kappa shape index (κ3) is 5.96. The minimum absolute atomic E-state index is 0.0733. The summed E-state index contributed by atoms with van der Waals surface area (Å²) in [6.45, 7) is 5.23. The third-order valence-electron chi connectivity index (χ3n) is 2.58. The molecule has 102 valence electrons. The van der Waals surface area contributed by atoms with Crippen molar-refractivity contribution in [1.29, 1.82) is 0 Å². The van der Waals surface area contributed by atoms with E-state index in [1.54, 1.807) is 7.11 Å². The molecule has 1 N–H and O–H groups in total. The lowest BCUT2D eigenvalue weighted by Gasteiger charge is -2.19. The van der Waals surface area contributed by atoms with Gasteiger partial charge in [-0.3, -0.25) is 0 Å². The zero-order chi connectivity index (χ0) is 13.2. The van der Waals surface area contributed by atoms with E-state index in [2.05, 4.69) is 40.3 Å². The normalized spacial score (nSPS) is 12.6. The van der Waals surface area contributed by atoms with E-state index in [9.17, 15) is 0 Å². The molecule has 0 saturated heterocycles. The SMILES string of the molecule is CCCNCC(OCCOC)c1cccc(Br)c1. The fourth-order valence-corrected chi connectivity index (χ4v) is 2.08. The second-order valence-electron chi connectivity index (χ2n) is 4.11. The number of hydrogen-bond acceptors (Lipinski definition) is 3. The Bertz CT molecular complexity index is 323. The minimum Gasteiger partial charge on any atom is -0.382 e. The number of methoxy groups -OCH3 is 1. The van der Waals surface area contributed by atoms with Gasteiger partial charge in [-0.05, 0) is 30.7 Å². The van der Waals surface area contributed by atoms with Crippen LogP contribution in [0.3, 0.4) is 0 Å². The van der Waals surface area contributed by atoms with Crippen LogP contribution in [0.4, 0.5) is 0 Å². The largest absolute Gasteiger partial charge is 0.382 e. The summed E-state index contributed by atoms with van der Waals surface area (Å²) in [5, 5.41) is 3.40. The maximum atomic E-state index is 5.86. The van der Waals surface area contributed by atoms with Gasteiger partial charge in [0, 0.05) is 18.1 Å². The Balaban J connectivity index is 2.57. The van der Waals surface area contributed by atoms with Crippen LogP contribution in [0.5, 0.6) is 0 Å². The van der Waals surface area contributed by atoms with Crippen LogP contribution in [-0.2, 0) is 9.47 Å². The molecule has 0 heterocycles. The fourth-order valence-electron chi connectivity index (χ4n) is 1.66. The van der Waals surface area contributed by atoms with Gasteiger partial charge < -0.3 is 14.8 Å². The molecule has 1 rings (SSSR count). The first-order valence-electron chi connectivity index (χ1n) is 6.34. The molecule has 0 aliphatic rings. The highest BCUT2D eigenvalue weighted by molar-refractivity contribution is 9.10. The smallest absolute Gasteiger partial charge is 0.0950 e. The van der Waals surface area contributed by atoms with Gasteiger partial charge in [-0.2, -0.15) is 0 Å². The van der Waals surface area contributed by atoms with Crippen LogP contribution >= 0.6 is 15.9 Å². The van der Waals surface area contributed by atoms with E-state index < -0.39 is 0 Å². The zero-order valence-electron chi connectivity index (χ0n) is 11.1. The van der Waals surface area contributed by atoms with Crippen molar-refractivity contribution in [1.82, 2.24) is 5.32 Å². The molecule has 4 heteroatoms. The van der Waals surface area contributed by atoms with Gasteiger partial charge in [0.05, 0.1) is 19.3 Å². The lowest BCUT2D eigenvalue weighted by atomic mass is 10.1. The number of halogens is 1. The average Bonchev–Trinajstić information content (AvgIpc) is 2.37. The van der Waals surface area contributed by atoms with Crippen LogP contribution in [0.15, 0.2) is 28.7 Å². The van der Waals surface area contributed by atoms with Crippen molar-refractivity contribution in [2.24, 2.45) is 0 Å². The molecule has 1 aromatic carbocycles. The Labute approximate surface area is 118 Å². The summed E-state index contributed by atoms with van der Waals surface area (Å²) >= 11 is 3.49. The van der Waals surface area contributed by atoms with Gasteiger partial charge in [-0.15, -0.1) is 0 Å². The molecule has 0 aliphatic heterocycles. The molecule has 3 nitrogen and oxygen atoms in total. The highest BCUT2D eigenvalue weighted by Gasteiger charge is 2.11. The Morgan fingerprint density at radius 3 is 2.83 bits per heavy atom. The summed E-state index contributed by atoms with van der Waals surface area (Å²) in [4.78, 5) is 0. The minimum atomic E-state index is 0.0733. The van der Waals surface area contributed by atoms with E-state index in [1.165, 1.54) is 5.56 Å². The van der Waals surface area contributed by atoms with Crippen LogP contribution in [0, 0.1) is 0 Å². The molecule has 0 aliphatic carbocycles. The first-order chi connectivity index (χ1) is 8.77. The monoisotopic (exact) mass is 315 g/mol.